The fourth-order valence-electron chi connectivity index (χ4n) is 5.35. The van der Waals surface area contributed by atoms with Gasteiger partial charge in [0.05, 0.1) is 11.1 Å². The Kier molecular flexibility index (Phi) is 6.71. The zero-order valence-corrected chi connectivity index (χ0v) is 22.6. The van der Waals surface area contributed by atoms with Crippen LogP contribution in [0.4, 0.5) is 24.7 Å². The normalized spacial score (nSPS) is 13.2. The predicted molar refractivity (Wildman–Crippen MR) is 152 cm³/mol. The number of aryl methyl sites for hydroxylation is 1. The SMILES string of the molecule is Cn1cc(-c2ccc(NC(=O)c3cc4c(n(-c5ccccc5)c3=O)CCCC4=O)c(OC(F)(F)F)c2)c2c(N)ncnc21. The number of rotatable bonds is 5. The van der Waals surface area contributed by atoms with Crippen LogP contribution in [0, 0.1) is 0 Å². The maximum atomic E-state index is 13.6. The van der Waals surface area contributed by atoms with Gasteiger partial charge in [0.15, 0.2) is 11.5 Å². The molecule has 1 amide bonds. The number of nitrogens with one attached hydrogen (secondary N) is 1. The molecule has 43 heavy (non-hydrogen) atoms. The summed E-state index contributed by atoms with van der Waals surface area (Å²) in [6.45, 7) is 0. The van der Waals surface area contributed by atoms with Crippen molar-refractivity contribution < 1.29 is 27.5 Å². The van der Waals surface area contributed by atoms with Gasteiger partial charge in [-0.1, -0.05) is 24.3 Å². The van der Waals surface area contributed by atoms with Crippen LogP contribution in [0.2, 0.25) is 0 Å². The highest BCUT2D eigenvalue weighted by molar-refractivity contribution is 6.08. The molecule has 13 heteroatoms. The van der Waals surface area contributed by atoms with Crippen LogP contribution in [0.25, 0.3) is 27.8 Å². The van der Waals surface area contributed by atoms with Gasteiger partial charge >= 0.3 is 6.36 Å². The van der Waals surface area contributed by atoms with Crippen LogP contribution in [0.5, 0.6) is 5.75 Å². The minimum Gasteiger partial charge on any atom is -0.404 e. The molecule has 218 valence electrons. The molecule has 6 rings (SSSR count). The molecule has 0 saturated heterocycles. The summed E-state index contributed by atoms with van der Waals surface area (Å²) in [5.41, 5.74) is 6.94. The number of amides is 1. The minimum atomic E-state index is -5.10. The number of carbonyl (C=O) groups excluding carboxylic acids is 2. The van der Waals surface area contributed by atoms with E-state index in [-0.39, 0.29) is 34.8 Å². The Morgan fingerprint density at radius 3 is 2.53 bits per heavy atom. The smallest absolute Gasteiger partial charge is 0.404 e. The first-order valence-corrected chi connectivity index (χ1v) is 13.2. The summed E-state index contributed by atoms with van der Waals surface area (Å²) in [5.74, 6) is -1.82. The molecule has 3 aromatic heterocycles. The first kappa shape index (κ1) is 27.7. The number of nitrogens with zero attached hydrogens (tertiary/aromatic N) is 4. The third-order valence-corrected chi connectivity index (χ3v) is 7.23. The summed E-state index contributed by atoms with van der Waals surface area (Å²) in [6, 6.07) is 13.5. The van der Waals surface area contributed by atoms with E-state index < -0.39 is 29.1 Å². The lowest BCUT2D eigenvalue weighted by atomic mass is 9.92. The van der Waals surface area contributed by atoms with Gasteiger partial charge in [-0.25, -0.2) is 9.97 Å². The van der Waals surface area contributed by atoms with E-state index in [1.165, 1.54) is 29.1 Å². The number of halogens is 3. The van der Waals surface area contributed by atoms with E-state index in [4.69, 9.17) is 5.73 Å². The molecule has 0 unspecified atom stereocenters. The molecule has 0 saturated carbocycles. The van der Waals surface area contributed by atoms with Gasteiger partial charge in [-0.15, -0.1) is 13.2 Å². The number of benzene rings is 2. The molecule has 0 bridgehead atoms. The maximum Gasteiger partial charge on any atom is 0.573 e. The number of pyridine rings is 1. The highest BCUT2D eigenvalue weighted by Gasteiger charge is 2.33. The molecule has 0 aliphatic heterocycles. The number of hydrogen-bond donors (Lipinski definition) is 2. The summed E-state index contributed by atoms with van der Waals surface area (Å²) in [6.07, 6.45) is -0.952. The first-order valence-electron chi connectivity index (χ1n) is 13.2. The number of anilines is 2. The van der Waals surface area contributed by atoms with Crippen LogP contribution >= 0.6 is 0 Å². The molecule has 1 aliphatic carbocycles. The molecule has 3 heterocycles. The third kappa shape index (κ3) is 5.09. The van der Waals surface area contributed by atoms with Gasteiger partial charge in [-0.3, -0.25) is 19.0 Å². The van der Waals surface area contributed by atoms with Crippen molar-refractivity contribution in [2.45, 2.75) is 25.6 Å². The lowest BCUT2D eigenvalue weighted by Gasteiger charge is -2.22. The molecule has 5 aromatic rings. The van der Waals surface area contributed by atoms with Crippen molar-refractivity contribution in [1.82, 2.24) is 19.1 Å². The number of alkyl halides is 3. The Balaban J connectivity index is 1.45. The van der Waals surface area contributed by atoms with Crippen LogP contribution in [0.15, 0.2) is 71.9 Å². The number of hydrogen-bond acceptors (Lipinski definition) is 7. The lowest BCUT2D eigenvalue weighted by Crippen LogP contribution is -2.33. The molecular weight excluding hydrogens is 565 g/mol. The third-order valence-electron chi connectivity index (χ3n) is 7.23. The van der Waals surface area contributed by atoms with Gasteiger partial charge in [-0.05, 0) is 48.7 Å². The zero-order valence-electron chi connectivity index (χ0n) is 22.6. The molecule has 0 atom stereocenters. The summed E-state index contributed by atoms with van der Waals surface area (Å²) in [5, 5.41) is 2.81. The lowest BCUT2D eigenvalue weighted by molar-refractivity contribution is -0.274. The van der Waals surface area contributed by atoms with Crippen molar-refractivity contribution in [1.29, 1.82) is 0 Å². The predicted octanol–water partition coefficient (Wildman–Crippen LogP) is 5.04. The largest absolute Gasteiger partial charge is 0.573 e. The van der Waals surface area contributed by atoms with E-state index >= 15 is 0 Å². The molecule has 3 N–H and O–H groups in total. The number of fused-ring (bicyclic) bond motifs is 2. The molecule has 1 aliphatic rings. The average molecular weight is 589 g/mol. The van der Waals surface area contributed by atoms with Gasteiger partial charge < -0.3 is 20.4 Å². The van der Waals surface area contributed by atoms with E-state index in [1.807, 2.05) is 0 Å². The second-order valence-corrected chi connectivity index (χ2v) is 10.00. The number of carbonyl (C=O) groups is 2. The van der Waals surface area contributed by atoms with E-state index in [9.17, 15) is 27.6 Å². The van der Waals surface area contributed by atoms with Crippen molar-refractivity contribution >= 4 is 34.2 Å². The first-order chi connectivity index (χ1) is 20.5. The quantitative estimate of drug-likeness (QED) is 0.294. The Hall–Kier alpha value is -5.46. The molecule has 0 spiro atoms. The van der Waals surface area contributed by atoms with Crippen LogP contribution in [-0.2, 0) is 13.5 Å². The highest BCUT2D eigenvalue weighted by Crippen LogP contribution is 2.38. The Labute approximate surface area is 241 Å². The fourth-order valence-corrected chi connectivity index (χ4v) is 5.35. The summed E-state index contributed by atoms with van der Waals surface area (Å²) < 4.78 is 47.8. The summed E-state index contributed by atoms with van der Waals surface area (Å²) >= 11 is 0. The maximum absolute atomic E-state index is 13.6. The van der Waals surface area contributed by atoms with Gasteiger partial charge in [0.25, 0.3) is 11.5 Å². The monoisotopic (exact) mass is 588 g/mol. The topological polar surface area (TPSA) is 134 Å². The van der Waals surface area contributed by atoms with Crippen LogP contribution in [-0.4, -0.2) is 37.2 Å². The second-order valence-electron chi connectivity index (χ2n) is 10.00. The Morgan fingerprint density at radius 2 is 1.79 bits per heavy atom. The van der Waals surface area contributed by atoms with Crippen molar-refractivity contribution in [3.8, 4) is 22.6 Å². The van der Waals surface area contributed by atoms with E-state index in [2.05, 4.69) is 20.0 Å². The van der Waals surface area contributed by atoms with E-state index in [0.29, 0.717) is 40.8 Å². The van der Waals surface area contributed by atoms with Crippen LogP contribution < -0.4 is 21.3 Å². The number of ether oxygens (including phenoxy) is 1. The number of nitrogen functional groups attached to an aromatic ring is 1. The number of aromatic nitrogens is 4. The number of nitrogens with two attached hydrogens (primary N) is 1. The van der Waals surface area contributed by atoms with E-state index in [1.54, 1.807) is 48.1 Å². The second kappa shape index (κ2) is 10.4. The summed E-state index contributed by atoms with van der Waals surface area (Å²) in [7, 11) is 1.70. The number of para-hydroxylation sites is 1. The Morgan fingerprint density at radius 1 is 1.02 bits per heavy atom. The van der Waals surface area contributed by atoms with E-state index in [0.717, 1.165) is 6.07 Å². The minimum absolute atomic E-state index is 0.132. The van der Waals surface area contributed by atoms with Crippen molar-refractivity contribution in [3.63, 3.8) is 0 Å². The molecule has 10 nitrogen and oxygen atoms in total. The van der Waals surface area contributed by atoms with Gasteiger partial charge in [0.2, 0.25) is 0 Å². The molecule has 0 radical (unpaired) electrons. The van der Waals surface area contributed by atoms with Crippen LogP contribution in [0.1, 0.15) is 39.3 Å². The molecular formula is C30H23F3N6O4. The number of ketones is 1. The molecule has 2 aromatic carbocycles. The number of Topliss-reactive ketones (excluding diaryl/α,β-unsaturated/α-hetero) is 1. The zero-order chi connectivity index (χ0) is 30.5. The van der Waals surface area contributed by atoms with Gasteiger partial charge in [0, 0.05) is 42.2 Å². The van der Waals surface area contributed by atoms with Crippen LogP contribution in [0.3, 0.4) is 0 Å². The van der Waals surface area contributed by atoms with Crippen molar-refractivity contribution in [2.24, 2.45) is 7.05 Å². The van der Waals surface area contributed by atoms with Crippen molar-refractivity contribution in [3.05, 3.63) is 94.3 Å². The van der Waals surface area contributed by atoms with Crippen molar-refractivity contribution in [2.75, 3.05) is 11.1 Å². The van der Waals surface area contributed by atoms with Gasteiger partial charge in [0.1, 0.15) is 23.4 Å². The highest BCUT2D eigenvalue weighted by atomic mass is 19.4. The fraction of sp³-hybridized carbons (Fsp3) is 0.167. The molecule has 0 fully saturated rings. The Bertz CT molecular complexity index is 1980. The average Bonchev–Trinajstić information content (AvgIpc) is 3.31. The summed E-state index contributed by atoms with van der Waals surface area (Å²) in [4.78, 5) is 48.1. The van der Waals surface area contributed by atoms with Gasteiger partial charge in [-0.2, -0.15) is 0 Å². The standard InChI is InChI=1S/C30H23F3N6O4/c1-38-14-20(25-26(34)35-15-36-27(25)38)16-10-11-21(24(12-16)43-30(31,32)33)37-28(41)19-13-18-22(8-5-9-23(18)40)39(29(19)42)17-6-3-2-4-7-17/h2-4,6-7,10-15H,5,8-9H2,1H3,(H,37,41)(H2,34,35,36).